The van der Waals surface area contributed by atoms with Crippen molar-refractivity contribution < 1.29 is 17.9 Å². The van der Waals surface area contributed by atoms with E-state index in [-0.39, 0.29) is 11.2 Å². The van der Waals surface area contributed by atoms with E-state index in [2.05, 4.69) is 46.8 Å². The summed E-state index contributed by atoms with van der Waals surface area (Å²) >= 11 is 3.13. The van der Waals surface area contributed by atoms with Crippen LogP contribution < -0.4 is 10.1 Å². The second-order valence-corrected chi connectivity index (χ2v) is 6.34. The van der Waals surface area contributed by atoms with Gasteiger partial charge >= 0.3 is 6.36 Å². The summed E-state index contributed by atoms with van der Waals surface area (Å²) in [5, 5.41) is 2.97. The van der Waals surface area contributed by atoms with Gasteiger partial charge in [0.2, 0.25) is 0 Å². The van der Waals surface area contributed by atoms with Crippen LogP contribution in [0.5, 0.6) is 5.75 Å². The zero-order valence-corrected chi connectivity index (χ0v) is 12.7. The fourth-order valence-corrected chi connectivity index (χ4v) is 1.76. The lowest BCUT2D eigenvalue weighted by atomic mass is 9.92. The second-order valence-electron chi connectivity index (χ2n) is 5.43. The Balaban J connectivity index is 2.77. The maximum Gasteiger partial charge on any atom is 0.573 e. The molecule has 0 radical (unpaired) electrons. The van der Waals surface area contributed by atoms with Crippen LogP contribution in [0.2, 0.25) is 0 Å². The van der Waals surface area contributed by atoms with Gasteiger partial charge < -0.3 is 10.1 Å². The van der Waals surface area contributed by atoms with Gasteiger partial charge in [0.1, 0.15) is 0 Å². The highest BCUT2D eigenvalue weighted by Gasteiger charge is 2.32. The van der Waals surface area contributed by atoms with Gasteiger partial charge in [0.05, 0.1) is 5.69 Å². The number of hydrogen-bond donors (Lipinski definition) is 1. The van der Waals surface area contributed by atoms with Gasteiger partial charge in [0.25, 0.3) is 0 Å². The first-order valence-corrected chi connectivity index (χ1v) is 6.65. The first-order chi connectivity index (χ1) is 8.57. The number of ether oxygens (including phenoxy) is 1. The molecule has 0 unspecified atom stereocenters. The van der Waals surface area contributed by atoms with E-state index >= 15 is 0 Å². The van der Waals surface area contributed by atoms with Crippen LogP contribution in [0.3, 0.4) is 0 Å². The van der Waals surface area contributed by atoms with E-state index in [1.165, 1.54) is 6.07 Å². The van der Waals surface area contributed by atoms with E-state index in [0.29, 0.717) is 16.7 Å². The Morgan fingerprint density at radius 1 is 1.21 bits per heavy atom. The zero-order valence-electron chi connectivity index (χ0n) is 11.1. The Bertz CT molecular complexity index is 427. The molecule has 1 aromatic rings. The van der Waals surface area contributed by atoms with Gasteiger partial charge in [-0.15, -0.1) is 13.2 Å². The van der Waals surface area contributed by atoms with Gasteiger partial charge in [-0.25, -0.2) is 0 Å². The maximum absolute atomic E-state index is 12.3. The molecule has 2 nitrogen and oxygen atoms in total. The van der Waals surface area contributed by atoms with Gasteiger partial charge in [0.15, 0.2) is 5.75 Å². The minimum atomic E-state index is -4.69. The van der Waals surface area contributed by atoms with E-state index in [9.17, 15) is 13.2 Å². The van der Waals surface area contributed by atoms with Crippen LogP contribution in [-0.2, 0) is 0 Å². The molecule has 1 rings (SSSR count). The van der Waals surface area contributed by atoms with Crippen molar-refractivity contribution in [3.63, 3.8) is 0 Å². The first-order valence-electron chi connectivity index (χ1n) is 5.86. The number of nitrogens with one attached hydrogen (secondary N) is 1. The van der Waals surface area contributed by atoms with E-state index < -0.39 is 6.36 Å². The molecule has 0 saturated carbocycles. The number of alkyl halides is 3. The molecule has 0 saturated heterocycles. The molecule has 0 fully saturated rings. The number of rotatable bonds is 4. The molecule has 0 spiro atoms. The molecular formula is C13H17BrF3NO. The van der Waals surface area contributed by atoms with Crippen LogP contribution in [0.15, 0.2) is 22.7 Å². The molecule has 1 aromatic carbocycles. The standard InChI is InChI=1S/C13H17BrF3NO/c1-12(2,3)6-7-18-10-5-4-9(14)8-11(10)19-13(15,16)17/h4-5,8,18H,6-7H2,1-3H3. The van der Waals surface area contributed by atoms with Gasteiger partial charge in [-0.2, -0.15) is 0 Å². The average Bonchev–Trinajstić information content (AvgIpc) is 2.17. The molecule has 0 heterocycles. The lowest BCUT2D eigenvalue weighted by molar-refractivity contribution is -0.274. The third kappa shape index (κ3) is 6.71. The van der Waals surface area contributed by atoms with Crippen molar-refractivity contribution in [1.29, 1.82) is 0 Å². The summed E-state index contributed by atoms with van der Waals surface area (Å²) in [5.41, 5.74) is 0.456. The summed E-state index contributed by atoms with van der Waals surface area (Å²) in [4.78, 5) is 0. The topological polar surface area (TPSA) is 21.3 Å². The second kappa shape index (κ2) is 6.03. The van der Waals surface area contributed by atoms with Crippen LogP contribution in [0.25, 0.3) is 0 Å². The van der Waals surface area contributed by atoms with Crippen LogP contribution in [0, 0.1) is 5.41 Å². The highest BCUT2D eigenvalue weighted by molar-refractivity contribution is 9.10. The molecular weight excluding hydrogens is 323 g/mol. The van der Waals surface area contributed by atoms with Crippen molar-refractivity contribution in [3.05, 3.63) is 22.7 Å². The van der Waals surface area contributed by atoms with Gasteiger partial charge in [-0.1, -0.05) is 36.7 Å². The minimum absolute atomic E-state index is 0.118. The van der Waals surface area contributed by atoms with Crippen molar-refractivity contribution >= 4 is 21.6 Å². The molecule has 6 heteroatoms. The fourth-order valence-electron chi connectivity index (χ4n) is 1.42. The van der Waals surface area contributed by atoms with Crippen molar-refractivity contribution in [2.45, 2.75) is 33.6 Å². The molecule has 0 aromatic heterocycles. The van der Waals surface area contributed by atoms with Gasteiger partial charge in [-0.05, 0) is 30.0 Å². The van der Waals surface area contributed by atoms with Crippen molar-refractivity contribution in [1.82, 2.24) is 0 Å². The molecule has 0 amide bonds. The third-order valence-electron chi connectivity index (χ3n) is 2.36. The summed E-state index contributed by atoms with van der Waals surface area (Å²) < 4.78 is 41.4. The van der Waals surface area contributed by atoms with Crippen molar-refractivity contribution in [2.75, 3.05) is 11.9 Å². The Hall–Kier alpha value is -0.910. The molecule has 0 aliphatic rings. The summed E-state index contributed by atoms with van der Waals surface area (Å²) in [5.74, 6) is -0.226. The third-order valence-corrected chi connectivity index (χ3v) is 2.85. The molecule has 19 heavy (non-hydrogen) atoms. The first kappa shape index (κ1) is 16.1. The molecule has 0 atom stereocenters. The lowest BCUT2D eigenvalue weighted by Crippen LogP contribution is -2.19. The highest BCUT2D eigenvalue weighted by Crippen LogP contribution is 2.33. The SMILES string of the molecule is CC(C)(C)CCNc1ccc(Br)cc1OC(F)(F)F. The average molecular weight is 340 g/mol. The number of halogens is 4. The largest absolute Gasteiger partial charge is 0.573 e. The Kier molecular flexibility index (Phi) is 5.12. The molecule has 0 aliphatic heterocycles. The molecule has 1 N–H and O–H groups in total. The van der Waals surface area contributed by atoms with Crippen molar-refractivity contribution in [2.24, 2.45) is 5.41 Å². The van der Waals surface area contributed by atoms with Gasteiger partial charge in [-0.3, -0.25) is 0 Å². The fraction of sp³-hybridized carbons (Fsp3) is 0.538. The molecule has 0 aliphatic carbocycles. The number of anilines is 1. The van der Waals surface area contributed by atoms with E-state index in [1.807, 2.05) is 0 Å². The van der Waals surface area contributed by atoms with Gasteiger partial charge in [0, 0.05) is 11.0 Å². The normalized spacial score (nSPS) is 12.4. The Morgan fingerprint density at radius 2 is 1.84 bits per heavy atom. The number of benzene rings is 1. The summed E-state index contributed by atoms with van der Waals surface area (Å²) in [6.45, 7) is 6.80. The number of hydrogen-bond acceptors (Lipinski definition) is 2. The van der Waals surface area contributed by atoms with Crippen LogP contribution in [0.1, 0.15) is 27.2 Å². The Labute approximate surface area is 119 Å². The quantitative estimate of drug-likeness (QED) is 0.814. The smallest absolute Gasteiger partial charge is 0.404 e. The van der Waals surface area contributed by atoms with Crippen molar-refractivity contribution in [3.8, 4) is 5.75 Å². The van der Waals surface area contributed by atoms with Crippen LogP contribution in [-0.4, -0.2) is 12.9 Å². The van der Waals surface area contributed by atoms with E-state index in [1.54, 1.807) is 12.1 Å². The lowest BCUT2D eigenvalue weighted by Gasteiger charge is -2.20. The Morgan fingerprint density at radius 3 is 2.37 bits per heavy atom. The predicted molar refractivity (Wildman–Crippen MR) is 73.4 cm³/mol. The molecule has 108 valence electrons. The summed E-state index contributed by atoms with van der Waals surface area (Å²) in [6, 6.07) is 4.53. The summed E-state index contributed by atoms with van der Waals surface area (Å²) in [6.07, 6.45) is -3.85. The maximum atomic E-state index is 12.3. The highest BCUT2D eigenvalue weighted by atomic mass is 79.9. The zero-order chi connectivity index (χ0) is 14.7. The van der Waals surface area contributed by atoms with Crippen LogP contribution in [0.4, 0.5) is 18.9 Å². The predicted octanol–water partition coefficient (Wildman–Crippen LogP) is 5.20. The van der Waals surface area contributed by atoms with E-state index in [0.717, 1.165) is 6.42 Å². The monoisotopic (exact) mass is 339 g/mol. The van der Waals surface area contributed by atoms with E-state index in [4.69, 9.17) is 0 Å². The van der Waals surface area contributed by atoms with Crippen LogP contribution >= 0.6 is 15.9 Å². The molecule has 0 bridgehead atoms. The summed E-state index contributed by atoms with van der Waals surface area (Å²) in [7, 11) is 0. The minimum Gasteiger partial charge on any atom is -0.404 e.